The van der Waals surface area contributed by atoms with E-state index in [0.717, 1.165) is 94.9 Å². The summed E-state index contributed by atoms with van der Waals surface area (Å²) in [4.78, 5) is 5.93. The van der Waals surface area contributed by atoms with Crippen molar-refractivity contribution in [3.05, 3.63) is 400 Å². The van der Waals surface area contributed by atoms with Gasteiger partial charge in [-0.25, -0.2) is 4.98 Å². The molecule has 0 atom stereocenters. The fraction of sp³-hybridized carbons (Fsp3) is 0. The topological polar surface area (TPSA) is 51.5 Å². The molecule has 0 radical (unpaired) electrons. The second-order valence-corrected chi connectivity index (χ2v) is 27.5. The molecule has 5 heteroatoms. The maximum absolute atomic E-state index is 10.7. The molecule has 0 aliphatic rings. The largest absolute Gasteiger partial charge is 0.309 e. The minimum absolute atomic E-state index is 0.572. The highest BCUT2D eigenvalue weighted by Gasteiger charge is 2.26. The van der Waals surface area contributed by atoms with Crippen molar-refractivity contribution in [3.63, 3.8) is 0 Å². The Kier molecular flexibility index (Phi) is 15.2. The number of benzene rings is 16. The summed E-state index contributed by atoms with van der Waals surface area (Å²) in [7, 11) is 0. The van der Waals surface area contributed by atoms with Crippen LogP contribution in [0.25, 0.3) is 194 Å². The number of aromatic nitrogens is 4. The fourth-order valence-electron chi connectivity index (χ4n) is 16.8. The zero-order chi connectivity index (χ0) is 70.9. The van der Waals surface area contributed by atoms with Crippen LogP contribution in [0, 0.1) is 11.3 Å². The molecule has 20 rings (SSSR count). The Balaban J connectivity index is 0.799. The number of hydrogen-bond acceptors (Lipinski definition) is 2. The lowest BCUT2D eigenvalue weighted by atomic mass is 9.89. The third kappa shape index (κ3) is 10.6. The van der Waals surface area contributed by atoms with E-state index < -0.39 is 0 Å². The molecular weight excluding hydrogens is 1300 g/mol. The van der Waals surface area contributed by atoms with E-state index in [2.05, 4.69) is 396 Å². The number of fused-ring (bicyclic) bond motifs is 9. The SMILES string of the molecule is N#Cc1cccc(-c2cc(-c3ccc(-n4c5cccc(-c6ccccc6)c5c5c(-c6ccccc6)cccc54)cc3)nc(-c3ccc(-n4c5cccc(-c6ccccc6)c5c5c(-c6ccccc6)cccc54)cc3)c2-c2ccc(-n3c4cccc(-c5ccccc5)c4c4c(-c5ccccc5)cccc43)cc2)c1. The first-order valence-electron chi connectivity index (χ1n) is 36.5. The summed E-state index contributed by atoms with van der Waals surface area (Å²) in [5.74, 6) is 0. The highest BCUT2D eigenvalue weighted by molar-refractivity contribution is 6.23. The minimum Gasteiger partial charge on any atom is -0.309 e. The van der Waals surface area contributed by atoms with Crippen LogP contribution < -0.4 is 0 Å². The molecule has 0 aliphatic heterocycles. The van der Waals surface area contributed by atoms with Crippen LogP contribution in [0.3, 0.4) is 0 Å². The molecule has 498 valence electrons. The third-order valence-electron chi connectivity index (χ3n) is 21.5. The van der Waals surface area contributed by atoms with E-state index >= 15 is 0 Å². The van der Waals surface area contributed by atoms with E-state index in [1.165, 1.54) is 99.1 Å². The van der Waals surface area contributed by atoms with E-state index in [-0.39, 0.29) is 0 Å². The summed E-state index contributed by atoms with van der Waals surface area (Å²) in [5, 5.41) is 17.9. The van der Waals surface area contributed by atoms with E-state index in [1.807, 2.05) is 18.2 Å². The molecule has 0 unspecified atom stereocenters. The van der Waals surface area contributed by atoms with Crippen LogP contribution in [-0.4, -0.2) is 18.7 Å². The number of nitriles is 1. The number of hydrogen-bond donors (Lipinski definition) is 0. The third-order valence-corrected chi connectivity index (χ3v) is 21.5. The average Bonchev–Trinajstić information content (AvgIpc) is 1.67. The van der Waals surface area contributed by atoms with Crippen LogP contribution in [0.5, 0.6) is 0 Å². The molecule has 0 amide bonds. The Morgan fingerprint density at radius 3 is 0.757 bits per heavy atom. The molecule has 5 nitrogen and oxygen atoms in total. The first kappa shape index (κ1) is 62.3. The van der Waals surface area contributed by atoms with Gasteiger partial charge in [-0.2, -0.15) is 5.26 Å². The summed E-state index contributed by atoms with van der Waals surface area (Å²) < 4.78 is 7.28. The summed E-state index contributed by atoms with van der Waals surface area (Å²) in [6, 6.07) is 145. The van der Waals surface area contributed by atoms with Crippen LogP contribution >= 0.6 is 0 Å². The number of nitrogens with zero attached hydrogens (tertiary/aromatic N) is 5. The van der Waals surface area contributed by atoms with Crippen molar-refractivity contribution in [2.75, 3.05) is 0 Å². The van der Waals surface area contributed by atoms with Crippen LogP contribution in [0.15, 0.2) is 394 Å². The Morgan fingerprint density at radius 2 is 0.467 bits per heavy atom. The molecule has 0 spiro atoms. The van der Waals surface area contributed by atoms with Gasteiger partial charge in [-0.15, -0.1) is 0 Å². The van der Waals surface area contributed by atoms with Crippen molar-refractivity contribution in [3.8, 4) is 135 Å². The van der Waals surface area contributed by atoms with Crippen molar-refractivity contribution in [2.45, 2.75) is 0 Å². The van der Waals surface area contributed by atoms with Crippen LogP contribution in [0.2, 0.25) is 0 Å². The van der Waals surface area contributed by atoms with E-state index in [1.54, 1.807) is 0 Å². The van der Waals surface area contributed by atoms with Crippen molar-refractivity contribution < 1.29 is 0 Å². The Hall–Kier alpha value is -14.4. The van der Waals surface area contributed by atoms with Crippen molar-refractivity contribution in [1.29, 1.82) is 5.26 Å². The molecule has 0 fully saturated rings. The van der Waals surface area contributed by atoms with Gasteiger partial charge in [-0.05, 0) is 174 Å². The lowest BCUT2D eigenvalue weighted by Crippen LogP contribution is -1.99. The van der Waals surface area contributed by atoms with E-state index in [0.29, 0.717) is 5.56 Å². The maximum Gasteiger partial charge on any atom is 0.0991 e. The van der Waals surface area contributed by atoms with Crippen LogP contribution in [-0.2, 0) is 0 Å². The van der Waals surface area contributed by atoms with Gasteiger partial charge in [0.1, 0.15) is 0 Å². The number of rotatable bonds is 13. The minimum atomic E-state index is 0.572. The molecule has 20 aromatic rings. The molecule has 107 heavy (non-hydrogen) atoms. The van der Waals surface area contributed by atoms with E-state index in [4.69, 9.17) is 4.98 Å². The molecule has 4 heterocycles. The number of pyridine rings is 1. The normalized spacial score (nSPS) is 11.5. The predicted molar refractivity (Wildman–Crippen MR) is 446 cm³/mol. The zero-order valence-corrected chi connectivity index (χ0v) is 58.3. The molecule has 4 aromatic heterocycles. The smallest absolute Gasteiger partial charge is 0.0991 e. The highest BCUT2D eigenvalue weighted by atomic mass is 15.0. The van der Waals surface area contributed by atoms with Crippen molar-refractivity contribution in [1.82, 2.24) is 18.7 Å². The molecule has 0 bridgehead atoms. The standard InChI is InChI=1S/C102H65N5/c103-66-67-26-19-39-77(64-67)87-65-88(74-52-58-78(59-53-74)105-89-46-20-40-81(68-27-7-1-8-28-68)96(89)97-82(41-21-47-90(97)105)69-29-9-2-10-30-69)104-102(76-56-62-80(63-57-76)107-93-50-24-44-85(72-35-15-5-16-36-72)100(93)101-86(45-25-51-94(101)107)73-37-17-6-18-38-73)95(87)75-54-60-79(61-55-75)106-91-48-22-42-83(70-31-11-3-12-32-70)98(91)99-84(43-23-49-92(99)106)71-33-13-4-14-34-71/h1-65H. The van der Waals surface area contributed by atoms with Gasteiger partial charge < -0.3 is 13.7 Å². The summed E-state index contributed by atoms with van der Waals surface area (Å²) in [6.45, 7) is 0. The van der Waals surface area contributed by atoms with Gasteiger partial charge in [0.15, 0.2) is 0 Å². The Labute approximate surface area is 619 Å². The molecule has 0 N–H and O–H groups in total. The van der Waals surface area contributed by atoms with Crippen molar-refractivity contribution >= 4 is 65.4 Å². The highest BCUT2D eigenvalue weighted by Crippen LogP contribution is 2.49. The molecule has 0 aliphatic carbocycles. The van der Waals surface area contributed by atoms with Gasteiger partial charge in [-0.3, -0.25) is 0 Å². The molecular formula is C102H65N5. The maximum atomic E-state index is 10.7. The molecule has 0 saturated carbocycles. The van der Waals surface area contributed by atoms with Gasteiger partial charge >= 0.3 is 0 Å². The average molecular weight is 1360 g/mol. The van der Waals surface area contributed by atoms with Crippen LogP contribution in [0.1, 0.15) is 5.56 Å². The lowest BCUT2D eigenvalue weighted by molar-refractivity contribution is 1.18. The Morgan fingerprint density at radius 1 is 0.206 bits per heavy atom. The van der Waals surface area contributed by atoms with Crippen molar-refractivity contribution in [2.24, 2.45) is 0 Å². The Bertz CT molecular complexity index is 6560. The van der Waals surface area contributed by atoms with E-state index in [9.17, 15) is 5.26 Å². The van der Waals surface area contributed by atoms with Gasteiger partial charge in [0.05, 0.1) is 56.1 Å². The lowest BCUT2D eigenvalue weighted by Gasteiger charge is -2.19. The molecule has 0 saturated heterocycles. The van der Waals surface area contributed by atoms with Gasteiger partial charge in [0, 0.05) is 66.1 Å². The zero-order valence-electron chi connectivity index (χ0n) is 58.3. The van der Waals surface area contributed by atoms with Crippen LogP contribution in [0.4, 0.5) is 0 Å². The quantitative estimate of drug-likeness (QED) is 0.116. The van der Waals surface area contributed by atoms with Gasteiger partial charge in [0.2, 0.25) is 0 Å². The van der Waals surface area contributed by atoms with Gasteiger partial charge in [-0.1, -0.05) is 303 Å². The summed E-state index contributed by atoms with van der Waals surface area (Å²) in [5.41, 5.74) is 31.8. The molecule has 16 aromatic carbocycles. The second kappa shape index (κ2) is 26.1. The summed E-state index contributed by atoms with van der Waals surface area (Å²) >= 11 is 0. The second-order valence-electron chi connectivity index (χ2n) is 27.5. The fourth-order valence-corrected chi connectivity index (χ4v) is 16.8. The first-order valence-corrected chi connectivity index (χ1v) is 36.5. The summed E-state index contributed by atoms with van der Waals surface area (Å²) in [6.07, 6.45) is 0. The predicted octanol–water partition coefficient (Wildman–Crippen LogP) is 26.9. The van der Waals surface area contributed by atoms with Gasteiger partial charge in [0.25, 0.3) is 0 Å². The monoisotopic (exact) mass is 1360 g/mol. The first-order chi connectivity index (χ1) is 53.1.